The Hall–Kier alpha value is -2.78. The number of aromatic amines is 1. The molecule has 4 rings (SSSR count). The van der Waals surface area contributed by atoms with Crippen LogP contribution in [0.15, 0.2) is 24.4 Å². The standard InChI is InChI=1S/C22H27Cl2N7O2/c1-21(2,3)33-20(32)30-22(4)8-10-31(11-9-22)19-28-17-18(29-19)27-15(12-25-17)26-14-7-5-6-13(23)16(14)24/h5-7,12H,8-11H2,1-4H3,(H,30,32)(H2,25,26,27,28,29). The topological polar surface area (TPSA) is 108 Å². The lowest BCUT2D eigenvalue weighted by Crippen LogP contribution is -2.54. The molecule has 2 aromatic heterocycles. The van der Waals surface area contributed by atoms with Gasteiger partial charge in [-0.05, 0) is 52.7 Å². The van der Waals surface area contributed by atoms with Crippen molar-refractivity contribution in [1.29, 1.82) is 0 Å². The molecule has 0 radical (unpaired) electrons. The van der Waals surface area contributed by atoms with Gasteiger partial charge in [0.1, 0.15) is 5.60 Å². The lowest BCUT2D eigenvalue weighted by atomic mass is 9.90. The van der Waals surface area contributed by atoms with Crippen LogP contribution in [0, 0.1) is 0 Å². The van der Waals surface area contributed by atoms with Crippen LogP contribution in [0.5, 0.6) is 0 Å². The lowest BCUT2D eigenvalue weighted by molar-refractivity contribution is 0.0448. The molecule has 1 saturated heterocycles. The number of halogens is 2. The first-order chi connectivity index (χ1) is 15.5. The number of fused-ring (bicyclic) bond motifs is 1. The number of hydrogen-bond acceptors (Lipinski definition) is 7. The summed E-state index contributed by atoms with van der Waals surface area (Å²) in [5.74, 6) is 1.21. The predicted molar refractivity (Wildman–Crippen MR) is 131 cm³/mol. The molecule has 1 aromatic carbocycles. The first kappa shape index (κ1) is 23.4. The summed E-state index contributed by atoms with van der Waals surface area (Å²) >= 11 is 12.3. The van der Waals surface area contributed by atoms with Gasteiger partial charge in [0.25, 0.3) is 0 Å². The van der Waals surface area contributed by atoms with Gasteiger partial charge in [0.15, 0.2) is 11.5 Å². The molecule has 9 nitrogen and oxygen atoms in total. The molecule has 0 atom stereocenters. The highest BCUT2D eigenvalue weighted by Crippen LogP contribution is 2.31. The van der Waals surface area contributed by atoms with Crippen molar-refractivity contribution >= 4 is 58.0 Å². The molecule has 1 amide bonds. The number of rotatable bonds is 4. The van der Waals surface area contributed by atoms with Crippen LogP contribution >= 0.6 is 23.2 Å². The third-order valence-corrected chi connectivity index (χ3v) is 6.20. The molecule has 0 bridgehead atoms. The van der Waals surface area contributed by atoms with Crippen LogP contribution in [-0.2, 0) is 4.74 Å². The molecule has 1 fully saturated rings. The van der Waals surface area contributed by atoms with Crippen LogP contribution in [0.3, 0.4) is 0 Å². The highest BCUT2D eigenvalue weighted by atomic mass is 35.5. The quantitative estimate of drug-likeness (QED) is 0.454. The number of piperidine rings is 1. The van der Waals surface area contributed by atoms with Gasteiger partial charge in [0, 0.05) is 18.6 Å². The van der Waals surface area contributed by atoms with E-state index in [1.807, 2.05) is 33.8 Å². The fourth-order valence-electron chi connectivity index (χ4n) is 3.61. The van der Waals surface area contributed by atoms with E-state index in [4.69, 9.17) is 27.9 Å². The lowest BCUT2D eigenvalue weighted by Gasteiger charge is -2.39. The van der Waals surface area contributed by atoms with Crippen molar-refractivity contribution in [2.75, 3.05) is 23.3 Å². The maximum absolute atomic E-state index is 12.2. The van der Waals surface area contributed by atoms with E-state index < -0.39 is 11.7 Å². The summed E-state index contributed by atoms with van der Waals surface area (Å²) in [6, 6.07) is 5.33. The number of ether oxygens (including phenoxy) is 1. The van der Waals surface area contributed by atoms with Crippen molar-refractivity contribution in [2.45, 2.75) is 51.7 Å². The monoisotopic (exact) mass is 491 g/mol. The molecule has 0 unspecified atom stereocenters. The smallest absolute Gasteiger partial charge is 0.408 e. The predicted octanol–water partition coefficient (Wildman–Crippen LogP) is 5.29. The molecule has 0 saturated carbocycles. The number of nitrogens with one attached hydrogen (secondary N) is 3. The number of hydrogen-bond donors (Lipinski definition) is 3. The van der Waals surface area contributed by atoms with E-state index in [-0.39, 0.29) is 5.54 Å². The van der Waals surface area contributed by atoms with Gasteiger partial charge in [-0.25, -0.2) is 14.8 Å². The molecule has 33 heavy (non-hydrogen) atoms. The molecule has 3 N–H and O–H groups in total. The summed E-state index contributed by atoms with van der Waals surface area (Å²) in [6.07, 6.45) is 2.73. The molecule has 176 valence electrons. The average molecular weight is 492 g/mol. The molecule has 11 heteroatoms. The number of benzene rings is 1. The van der Waals surface area contributed by atoms with Gasteiger partial charge in [-0.3, -0.25) is 0 Å². The fraction of sp³-hybridized carbons (Fsp3) is 0.455. The minimum atomic E-state index is -0.527. The number of alkyl carbamates (subject to hydrolysis) is 1. The fourth-order valence-corrected chi connectivity index (χ4v) is 3.96. The van der Waals surface area contributed by atoms with Crippen molar-refractivity contribution < 1.29 is 9.53 Å². The Morgan fingerprint density at radius 3 is 2.64 bits per heavy atom. The third-order valence-electron chi connectivity index (χ3n) is 5.38. The summed E-state index contributed by atoms with van der Waals surface area (Å²) in [4.78, 5) is 31.1. The molecule has 1 aliphatic heterocycles. The van der Waals surface area contributed by atoms with E-state index >= 15 is 0 Å². The number of carbonyl (C=O) groups is 1. The Morgan fingerprint density at radius 2 is 1.94 bits per heavy atom. The zero-order chi connectivity index (χ0) is 23.8. The maximum atomic E-state index is 12.2. The van der Waals surface area contributed by atoms with Gasteiger partial charge >= 0.3 is 6.09 Å². The Bertz CT molecular complexity index is 1170. The summed E-state index contributed by atoms with van der Waals surface area (Å²) in [6.45, 7) is 9.03. The molecule has 3 aromatic rings. The van der Waals surface area contributed by atoms with E-state index in [2.05, 4.69) is 35.5 Å². The summed E-state index contributed by atoms with van der Waals surface area (Å²) in [7, 11) is 0. The average Bonchev–Trinajstić information content (AvgIpc) is 3.13. The van der Waals surface area contributed by atoms with Gasteiger partial charge in [-0.15, -0.1) is 0 Å². The van der Waals surface area contributed by atoms with E-state index in [0.717, 1.165) is 25.9 Å². The van der Waals surface area contributed by atoms with Gasteiger partial charge in [-0.1, -0.05) is 29.3 Å². The van der Waals surface area contributed by atoms with Crippen molar-refractivity contribution in [3.8, 4) is 0 Å². The number of anilines is 3. The number of amides is 1. The van der Waals surface area contributed by atoms with Crippen LogP contribution in [0.25, 0.3) is 11.3 Å². The summed E-state index contributed by atoms with van der Waals surface area (Å²) in [5.41, 5.74) is 0.860. The third kappa shape index (κ3) is 5.59. The van der Waals surface area contributed by atoms with Crippen molar-refractivity contribution in [2.24, 2.45) is 0 Å². The largest absolute Gasteiger partial charge is 0.444 e. The number of H-pyrrole nitrogens is 1. The second-order valence-corrected chi connectivity index (χ2v) is 10.2. The second kappa shape index (κ2) is 8.87. The first-order valence-electron chi connectivity index (χ1n) is 10.7. The van der Waals surface area contributed by atoms with Crippen molar-refractivity contribution in [3.05, 3.63) is 34.4 Å². The van der Waals surface area contributed by atoms with Crippen LogP contribution in [0.4, 0.5) is 22.2 Å². The zero-order valence-corrected chi connectivity index (χ0v) is 20.5. The van der Waals surface area contributed by atoms with E-state index in [1.54, 1.807) is 18.3 Å². The zero-order valence-electron chi connectivity index (χ0n) is 19.0. The van der Waals surface area contributed by atoms with E-state index in [9.17, 15) is 4.79 Å². The van der Waals surface area contributed by atoms with Crippen LogP contribution in [0.2, 0.25) is 10.0 Å². The minimum absolute atomic E-state index is 0.339. The maximum Gasteiger partial charge on any atom is 0.408 e. The van der Waals surface area contributed by atoms with Gasteiger partial charge < -0.3 is 25.3 Å². The van der Waals surface area contributed by atoms with Crippen LogP contribution < -0.4 is 15.5 Å². The van der Waals surface area contributed by atoms with Gasteiger partial charge in [-0.2, -0.15) is 4.98 Å². The molecule has 0 aliphatic carbocycles. The molecule has 1 aliphatic rings. The summed E-state index contributed by atoms with van der Waals surface area (Å²) < 4.78 is 5.40. The Balaban J connectivity index is 1.42. The number of carbonyl (C=O) groups excluding carboxylic acids is 1. The van der Waals surface area contributed by atoms with E-state index in [1.165, 1.54) is 0 Å². The van der Waals surface area contributed by atoms with Crippen molar-refractivity contribution in [1.82, 2.24) is 25.3 Å². The Labute approximate surface area is 202 Å². The number of nitrogens with zero attached hydrogens (tertiary/aromatic N) is 4. The molecule has 3 heterocycles. The van der Waals surface area contributed by atoms with Gasteiger partial charge in [0.2, 0.25) is 11.6 Å². The molecule has 0 spiro atoms. The highest BCUT2D eigenvalue weighted by Gasteiger charge is 2.34. The SMILES string of the molecule is CC1(NC(=O)OC(C)(C)C)CCN(c2nc3nc(Nc4cccc(Cl)c4Cl)cnc3[nH]2)CC1. The Morgan fingerprint density at radius 1 is 1.21 bits per heavy atom. The molecular formula is C22H27Cl2N7O2. The van der Waals surface area contributed by atoms with Gasteiger partial charge in [0.05, 0.1) is 21.9 Å². The van der Waals surface area contributed by atoms with Crippen LogP contribution in [-0.4, -0.2) is 50.3 Å². The number of imidazole rings is 1. The number of aromatic nitrogens is 4. The van der Waals surface area contributed by atoms with E-state index in [0.29, 0.717) is 38.8 Å². The minimum Gasteiger partial charge on any atom is -0.444 e. The normalized spacial score (nSPS) is 16.0. The van der Waals surface area contributed by atoms with Crippen molar-refractivity contribution in [3.63, 3.8) is 0 Å². The first-order valence-corrected chi connectivity index (χ1v) is 11.5. The second-order valence-electron chi connectivity index (χ2n) is 9.39. The summed E-state index contributed by atoms with van der Waals surface area (Å²) in [5, 5.41) is 7.02. The highest BCUT2D eigenvalue weighted by molar-refractivity contribution is 6.43. The van der Waals surface area contributed by atoms with Crippen LogP contribution in [0.1, 0.15) is 40.5 Å². The Kier molecular flexibility index (Phi) is 6.28. The molecular weight excluding hydrogens is 465 g/mol.